The zero-order valence-corrected chi connectivity index (χ0v) is 12.6. The van der Waals surface area contributed by atoms with Crippen LogP contribution in [-0.4, -0.2) is 37.1 Å². The first kappa shape index (κ1) is 14.2. The molecule has 3 rings (SSSR count). The molecule has 21 heavy (non-hydrogen) atoms. The molecule has 1 amide bonds. The van der Waals surface area contributed by atoms with E-state index in [0.29, 0.717) is 26.3 Å². The predicted molar refractivity (Wildman–Crippen MR) is 81.2 cm³/mol. The van der Waals surface area contributed by atoms with Gasteiger partial charge in [0.15, 0.2) is 0 Å². The van der Waals surface area contributed by atoms with E-state index in [1.807, 2.05) is 25.1 Å². The zero-order chi connectivity index (χ0) is 14.8. The van der Waals surface area contributed by atoms with Gasteiger partial charge in [0, 0.05) is 22.8 Å². The summed E-state index contributed by atoms with van der Waals surface area (Å²) in [7, 11) is 0. The molecule has 1 aromatic heterocycles. The van der Waals surface area contributed by atoms with Crippen LogP contribution in [0.25, 0.3) is 10.4 Å². The Kier molecular flexibility index (Phi) is 4.03. The standard InChI is InChI=1S/C16H16FNO2S/c1-11-2-5-15(21-11)12-3-4-13(14(17)10-12)16(19)18-6-8-20-9-7-18/h2-5,10H,6-9H2,1H3. The lowest BCUT2D eigenvalue weighted by atomic mass is 10.1. The van der Waals surface area contributed by atoms with Crippen LogP contribution in [0.5, 0.6) is 0 Å². The number of carbonyl (C=O) groups excluding carboxylic acids is 1. The number of halogens is 1. The number of carbonyl (C=O) groups is 1. The van der Waals surface area contributed by atoms with Crippen LogP contribution in [0, 0.1) is 12.7 Å². The van der Waals surface area contributed by atoms with Crippen LogP contribution in [-0.2, 0) is 4.74 Å². The molecule has 0 radical (unpaired) electrons. The van der Waals surface area contributed by atoms with Gasteiger partial charge in [-0.1, -0.05) is 6.07 Å². The number of ether oxygens (including phenoxy) is 1. The van der Waals surface area contributed by atoms with Gasteiger partial charge in [0.25, 0.3) is 5.91 Å². The number of nitrogens with zero attached hydrogens (tertiary/aromatic N) is 1. The van der Waals surface area contributed by atoms with E-state index >= 15 is 0 Å². The average molecular weight is 305 g/mol. The number of hydrogen-bond donors (Lipinski definition) is 0. The molecule has 1 saturated heterocycles. The molecule has 2 heterocycles. The van der Waals surface area contributed by atoms with Gasteiger partial charge in [-0.2, -0.15) is 0 Å². The maximum atomic E-state index is 14.3. The van der Waals surface area contributed by atoms with Gasteiger partial charge in [-0.05, 0) is 36.8 Å². The lowest BCUT2D eigenvalue weighted by Crippen LogP contribution is -2.41. The third-order valence-corrected chi connectivity index (χ3v) is 4.57. The highest BCUT2D eigenvalue weighted by atomic mass is 32.1. The molecule has 0 atom stereocenters. The van der Waals surface area contributed by atoms with Crippen molar-refractivity contribution < 1.29 is 13.9 Å². The lowest BCUT2D eigenvalue weighted by Gasteiger charge is -2.27. The predicted octanol–water partition coefficient (Wildman–Crippen LogP) is 3.34. The van der Waals surface area contributed by atoms with Crippen molar-refractivity contribution in [2.45, 2.75) is 6.92 Å². The van der Waals surface area contributed by atoms with E-state index in [-0.39, 0.29) is 11.5 Å². The quantitative estimate of drug-likeness (QED) is 0.851. The first-order valence-electron chi connectivity index (χ1n) is 6.88. The molecular weight excluding hydrogens is 289 g/mol. The second-order valence-electron chi connectivity index (χ2n) is 5.01. The first-order chi connectivity index (χ1) is 10.1. The second kappa shape index (κ2) is 5.95. The van der Waals surface area contributed by atoms with E-state index in [2.05, 4.69) is 0 Å². The molecular formula is C16H16FNO2S. The summed E-state index contributed by atoms with van der Waals surface area (Å²) in [6.45, 7) is 4.08. The summed E-state index contributed by atoms with van der Waals surface area (Å²) in [6.07, 6.45) is 0. The Hall–Kier alpha value is -1.72. The Labute approximate surface area is 127 Å². The van der Waals surface area contributed by atoms with E-state index in [0.717, 1.165) is 10.4 Å². The average Bonchev–Trinajstić information content (AvgIpc) is 2.94. The van der Waals surface area contributed by atoms with Gasteiger partial charge in [0.05, 0.1) is 18.8 Å². The molecule has 0 N–H and O–H groups in total. The van der Waals surface area contributed by atoms with E-state index in [4.69, 9.17) is 4.74 Å². The Bertz CT molecular complexity index is 662. The summed E-state index contributed by atoms with van der Waals surface area (Å²) in [5.41, 5.74) is 0.943. The molecule has 0 bridgehead atoms. The van der Waals surface area contributed by atoms with Gasteiger partial charge in [-0.3, -0.25) is 4.79 Å². The van der Waals surface area contributed by atoms with E-state index in [1.165, 1.54) is 10.9 Å². The summed E-state index contributed by atoms with van der Waals surface area (Å²) in [4.78, 5) is 16.1. The van der Waals surface area contributed by atoms with Crippen molar-refractivity contribution >= 4 is 17.2 Å². The molecule has 3 nitrogen and oxygen atoms in total. The van der Waals surface area contributed by atoms with Crippen molar-refractivity contribution in [2.75, 3.05) is 26.3 Å². The smallest absolute Gasteiger partial charge is 0.256 e. The fourth-order valence-electron chi connectivity index (χ4n) is 2.37. The van der Waals surface area contributed by atoms with Crippen LogP contribution in [0.2, 0.25) is 0 Å². The van der Waals surface area contributed by atoms with E-state index in [1.54, 1.807) is 22.3 Å². The van der Waals surface area contributed by atoms with Crippen LogP contribution >= 0.6 is 11.3 Å². The van der Waals surface area contributed by atoms with Crippen molar-refractivity contribution in [2.24, 2.45) is 0 Å². The third-order valence-electron chi connectivity index (χ3n) is 3.52. The largest absolute Gasteiger partial charge is 0.378 e. The summed E-state index contributed by atoms with van der Waals surface area (Å²) in [5, 5.41) is 0. The molecule has 2 aromatic rings. The Morgan fingerprint density at radius 3 is 2.62 bits per heavy atom. The lowest BCUT2D eigenvalue weighted by molar-refractivity contribution is 0.0300. The van der Waals surface area contributed by atoms with Crippen LogP contribution in [0.4, 0.5) is 4.39 Å². The van der Waals surface area contributed by atoms with Gasteiger partial charge in [0.2, 0.25) is 0 Å². The highest BCUT2D eigenvalue weighted by molar-refractivity contribution is 7.15. The minimum atomic E-state index is -0.463. The highest BCUT2D eigenvalue weighted by Gasteiger charge is 2.21. The van der Waals surface area contributed by atoms with Crippen molar-refractivity contribution in [1.82, 2.24) is 4.90 Å². The SMILES string of the molecule is Cc1ccc(-c2ccc(C(=O)N3CCOCC3)c(F)c2)s1. The van der Waals surface area contributed by atoms with Crippen LogP contribution in [0.15, 0.2) is 30.3 Å². The van der Waals surface area contributed by atoms with Crippen molar-refractivity contribution in [3.8, 4) is 10.4 Å². The maximum absolute atomic E-state index is 14.3. The van der Waals surface area contributed by atoms with Crippen molar-refractivity contribution in [3.05, 3.63) is 46.6 Å². The zero-order valence-electron chi connectivity index (χ0n) is 11.8. The molecule has 110 valence electrons. The molecule has 0 spiro atoms. The van der Waals surface area contributed by atoms with Crippen LogP contribution in [0.3, 0.4) is 0 Å². The van der Waals surface area contributed by atoms with E-state index in [9.17, 15) is 9.18 Å². The number of thiophene rings is 1. The monoisotopic (exact) mass is 305 g/mol. The summed E-state index contributed by atoms with van der Waals surface area (Å²) in [5.74, 6) is -0.722. The van der Waals surface area contributed by atoms with Crippen molar-refractivity contribution in [3.63, 3.8) is 0 Å². The molecule has 0 saturated carbocycles. The number of amides is 1. The molecule has 1 aliphatic heterocycles. The molecule has 1 fully saturated rings. The topological polar surface area (TPSA) is 29.5 Å². The number of hydrogen-bond acceptors (Lipinski definition) is 3. The van der Waals surface area contributed by atoms with Gasteiger partial charge in [-0.15, -0.1) is 11.3 Å². The van der Waals surface area contributed by atoms with Gasteiger partial charge < -0.3 is 9.64 Å². The third kappa shape index (κ3) is 2.99. The van der Waals surface area contributed by atoms with Crippen LogP contribution < -0.4 is 0 Å². The Morgan fingerprint density at radius 1 is 1.24 bits per heavy atom. The van der Waals surface area contributed by atoms with E-state index < -0.39 is 5.82 Å². The first-order valence-corrected chi connectivity index (χ1v) is 7.70. The molecule has 1 aliphatic rings. The minimum Gasteiger partial charge on any atom is -0.378 e. The number of rotatable bonds is 2. The van der Waals surface area contributed by atoms with Gasteiger partial charge >= 0.3 is 0 Å². The fraction of sp³-hybridized carbons (Fsp3) is 0.312. The van der Waals surface area contributed by atoms with Crippen LogP contribution in [0.1, 0.15) is 15.2 Å². The van der Waals surface area contributed by atoms with Crippen molar-refractivity contribution in [1.29, 1.82) is 0 Å². The fourth-order valence-corrected chi connectivity index (χ4v) is 3.23. The second-order valence-corrected chi connectivity index (χ2v) is 6.30. The molecule has 0 aliphatic carbocycles. The number of benzene rings is 1. The molecule has 1 aromatic carbocycles. The summed E-state index contributed by atoms with van der Waals surface area (Å²) in [6, 6.07) is 8.81. The molecule has 0 unspecified atom stereocenters. The Balaban J connectivity index is 1.85. The number of morpholine rings is 1. The summed E-state index contributed by atoms with van der Waals surface area (Å²) < 4.78 is 19.5. The molecule has 5 heteroatoms. The van der Waals surface area contributed by atoms with Gasteiger partial charge in [0.1, 0.15) is 5.82 Å². The Morgan fingerprint density at radius 2 is 2.00 bits per heavy atom. The maximum Gasteiger partial charge on any atom is 0.256 e. The number of aryl methyl sites for hydroxylation is 1. The summed E-state index contributed by atoms with van der Waals surface area (Å²) >= 11 is 1.61. The highest BCUT2D eigenvalue weighted by Crippen LogP contribution is 2.29. The minimum absolute atomic E-state index is 0.133. The van der Waals surface area contributed by atoms with Gasteiger partial charge in [-0.25, -0.2) is 4.39 Å². The normalized spacial score (nSPS) is 15.2.